The first kappa shape index (κ1) is 18.4. The van der Waals surface area contributed by atoms with E-state index in [9.17, 15) is 9.59 Å². The summed E-state index contributed by atoms with van der Waals surface area (Å²) in [6.45, 7) is 1.76. The normalized spacial score (nSPS) is 10.8. The number of fused-ring (bicyclic) bond motifs is 1. The number of aryl methyl sites for hydroxylation is 2. The number of amides is 3. The number of aromatic nitrogens is 3. The number of hydrogen-bond acceptors (Lipinski definition) is 4. The van der Waals surface area contributed by atoms with E-state index < -0.39 is 11.9 Å². The van der Waals surface area contributed by atoms with Gasteiger partial charge in [-0.2, -0.15) is 5.10 Å². The van der Waals surface area contributed by atoms with Crippen molar-refractivity contribution in [2.75, 3.05) is 5.32 Å². The molecule has 2 aromatic heterocycles. The highest BCUT2D eigenvalue weighted by atomic mass is 35.5. The first-order valence-corrected chi connectivity index (χ1v) is 8.46. The number of pyridine rings is 1. The first-order chi connectivity index (χ1) is 12.3. The fraction of sp³-hybridized carbons (Fsp3) is 0.125. The van der Waals surface area contributed by atoms with Crippen LogP contribution in [0, 0.1) is 6.92 Å². The van der Waals surface area contributed by atoms with Gasteiger partial charge in [-0.3, -0.25) is 14.8 Å². The molecule has 0 saturated heterocycles. The topological polar surface area (TPSA) is 88.9 Å². The van der Waals surface area contributed by atoms with Crippen molar-refractivity contribution in [3.8, 4) is 0 Å². The lowest BCUT2D eigenvalue weighted by atomic mass is 10.2. The van der Waals surface area contributed by atoms with Crippen LogP contribution in [0.1, 0.15) is 16.1 Å². The summed E-state index contributed by atoms with van der Waals surface area (Å²) in [6, 6.07) is 3.81. The summed E-state index contributed by atoms with van der Waals surface area (Å²) in [7, 11) is 1.73. The van der Waals surface area contributed by atoms with Crippen molar-refractivity contribution < 1.29 is 9.59 Å². The van der Waals surface area contributed by atoms with Crippen LogP contribution in [0.5, 0.6) is 0 Å². The molecule has 0 atom stereocenters. The van der Waals surface area contributed by atoms with Gasteiger partial charge in [0.05, 0.1) is 31.7 Å². The monoisotopic (exact) mass is 411 g/mol. The molecule has 0 bridgehead atoms. The van der Waals surface area contributed by atoms with Crippen molar-refractivity contribution in [2.45, 2.75) is 6.92 Å². The Morgan fingerprint density at radius 1 is 1.15 bits per heavy atom. The number of anilines is 1. The Bertz CT molecular complexity index is 1050. The third-order valence-corrected chi connectivity index (χ3v) is 4.74. The number of urea groups is 1. The molecule has 0 saturated carbocycles. The fourth-order valence-electron chi connectivity index (χ4n) is 2.43. The number of nitrogens with zero attached hydrogens (tertiary/aromatic N) is 3. The second-order valence-electron chi connectivity index (χ2n) is 5.43. The maximum absolute atomic E-state index is 12.4. The number of hydrogen-bond donors (Lipinski definition) is 2. The summed E-state index contributed by atoms with van der Waals surface area (Å²) in [6.07, 6.45) is 1.30. The van der Waals surface area contributed by atoms with E-state index in [1.807, 2.05) is 0 Å². The van der Waals surface area contributed by atoms with E-state index in [0.717, 1.165) is 0 Å². The average molecular weight is 413 g/mol. The van der Waals surface area contributed by atoms with Crippen molar-refractivity contribution in [3.63, 3.8) is 0 Å². The molecule has 3 aromatic rings. The summed E-state index contributed by atoms with van der Waals surface area (Å²) in [4.78, 5) is 28.6. The molecule has 3 amide bonds. The fourth-order valence-corrected chi connectivity index (χ4v) is 3.09. The van der Waals surface area contributed by atoms with Crippen molar-refractivity contribution in [3.05, 3.63) is 50.7 Å². The zero-order chi connectivity index (χ0) is 19.0. The number of halogens is 3. The lowest BCUT2D eigenvalue weighted by Crippen LogP contribution is -2.34. The standard InChI is InChI=1S/C16H12Cl3N5O2/c1-7-12-13(19)9(6-20-14(12)24(2)23-7)15(25)22-16(26)21-8-3-4-10(17)11(18)5-8/h3-6H,1-2H3,(H2,21,22,25,26). The van der Waals surface area contributed by atoms with E-state index in [1.54, 1.807) is 24.7 Å². The minimum atomic E-state index is -0.743. The smallest absolute Gasteiger partial charge is 0.308 e. The second-order valence-corrected chi connectivity index (χ2v) is 6.62. The van der Waals surface area contributed by atoms with Crippen LogP contribution < -0.4 is 10.6 Å². The lowest BCUT2D eigenvalue weighted by molar-refractivity contribution is 0.0967. The molecule has 3 rings (SSSR count). The average Bonchev–Trinajstić information content (AvgIpc) is 2.86. The zero-order valence-corrected chi connectivity index (χ0v) is 15.9. The Balaban J connectivity index is 1.80. The highest BCUT2D eigenvalue weighted by Gasteiger charge is 2.20. The van der Waals surface area contributed by atoms with Crippen LogP contribution in [0.3, 0.4) is 0 Å². The van der Waals surface area contributed by atoms with E-state index in [-0.39, 0.29) is 15.6 Å². The largest absolute Gasteiger partial charge is 0.326 e. The second kappa shape index (κ2) is 7.11. The van der Waals surface area contributed by atoms with Gasteiger partial charge in [0, 0.05) is 18.9 Å². The van der Waals surface area contributed by atoms with E-state index in [1.165, 1.54) is 18.3 Å². The van der Waals surface area contributed by atoms with Crippen LogP contribution in [0.2, 0.25) is 15.1 Å². The molecule has 2 heterocycles. The summed E-state index contributed by atoms with van der Waals surface area (Å²) in [5.74, 6) is -0.690. The quantitative estimate of drug-likeness (QED) is 0.660. The molecule has 134 valence electrons. The number of imide groups is 1. The van der Waals surface area contributed by atoms with Gasteiger partial charge in [0.1, 0.15) is 0 Å². The molecule has 1 aromatic carbocycles. The van der Waals surface area contributed by atoms with E-state index in [2.05, 4.69) is 20.7 Å². The minimum absolute atomic E-state index is 0.0690. The number of benzene rings is 1. The van der Waals surface area contributed by atoms with Crippen molar-refractivity contribution >= 4 is 63.5 Å². The maximum Gasteiger partial charge on any atom is 0.326 e. The van der Waals surface area contributed by atoms with Crippen LogP contribution in [0.15, 0.2) is 24.4 Å². The maximum atomic E-state index is 12.4. The number of nitrogens with one attached hydrogen (secondary N) is 2. The van der Waals surface area contributed by atoms with Crippen LogP contribution in [-0.2, 0) is 7.05 Å². The van der Waals surface area contributed by atoms with Crippen molar-refractivity contribution in [1.29, 1.82) is 0 Å². The highest BCUT2D eigenvalue weighted by Crippen LogP contribution is 2.28. The van der Waals surface area contributed by atoms with Gasteiger partial charge in [-0.1, -0.05) is 34.8 Å². The third kappa shape index (κ3) is 3.46. The molecule has 0 aliphatic rings. The van der Waals surface area contributed by atoms with Crippen LogP contribution in [0.25, 0.3) is 11.0 Å². The molecule has 0 spiro atoms. The Morgan fingerprint density at radius 3 is 2.58 bits per heavy atom. The van der Waals surface area contributed by atoms with Crippen LogP contribution in [-0.4, -0.2) is 26.7 Å². The van der Waals surface area contributed by atoms with E-state index in [0.29, 0.717) is 27.4 Å². The third-order valence-electron chi connectivity index (χ3n) is 3.61. The van der Waals surface area contributed by atoms with Gasteiger partial charge in [0.25, 0.3) is 5.91 Å². The molecule has 10 heteroatoms. The lowest BCUT2D eigenvalue weighted by Gasteiger charge is -2.09. The van der Waals surface area contributed by atoms with Gasteiger partial charge in [-0.15, -0.1) is 0 Å². The predicted octanol–water partition coefficient (Wildman–Crippen LogP) is 4.20. The molecule has 7 nitrogen and oxygen atoms in total. The van der Waals surface area contributed by atoms with Crippen molar-refractivity contribution in [1.82, 2.24) is 20.1 Å². The SMILES string of the molecule is Cc1nn(C)c2ncc(C(=O)NC(=O)Nc3ccc(Cl)c(Cl)c3)c(Cl)c12. The molecule has 26 heavy (non-hydrogen) atoms. The molecule has 0 aliphatic heterocycles. The molecular formula is C16H12Cl3N5O2. The molecule has 0 fully saturated rings. The molecule has 0 unspecified atom stereocenters. The van der Waals surface area contributed by atoms with Gasteiger partial charge in [0.2, 0.25) is 0 Å². The summed E-state index contributed by atoms with van der Waals surface area (Å²) in [5.41, 5.74) is 1.63. The van der Waals surface area contributed by atoms with Crippen LogP contribution in [0.4, 0.5) is 10.5 Å². The number of rotatable bonds is 2. The summed E-state index contributed by atoms with van der Waals surface area (Å²) in [5, 5.41) is 10.3. The molecule has 0 radical (unpaired) electrons. The van der Waals surface area contributed by atoms with Gasteiger partial charge in [-0.05, 0) is 25.1 Å². The van der Waals surface area contributed by atoms with Crippen LogP contribution >= 0.6 is 34.8 Å². The van der Waals surface area contributed by atoms with Gasteiger partial charge in [-0.25, -0.2) is 9.78 Å². The Kier molecular flexibility index (Phi) is 5.04. The summed E-state index contributed by atoms with van der Waals surface area (Å²) >= 11 is 18.0. The minimum Gasteiger partial charge on any atom is -0.308 e. The van der Waals surface area contributed by atoms with E-state index in [4.69, 9.17) is 34.8 Å². The Labute approximate surface area is 163 Å². The van der Waals surface area contributed by atoms with Gasteiger partial charge >= 0.3 is 6.03 Å². The van der Waals surface area contributed by atoms with Gasteiger partial charge in [0.15, 0.2) is 5.65 Å². The number of carbonyl (C=O) groups excluding carboxylic acids is 2. The highest BCUT2D eigenvalue weighted by molar-refractivity contribution is 6.42. The van der Waals surface area contributed by atoms with Crippen molar-refractivity contribution in [2.24, 2.45) is 7.05 Å². The van der Waals surface area contributed by atoms with E-state index >= 15 is 0 Å². The zero-order valence-electron chi connectivity index (χ0n) is 13.6. The predicted molar refractivity (Wildman–Crippen MR) is 101 cm³/mol. The first-order valence-electron chi connectivity index (χ1n) is 7.33. The molecule has 0 aliphatic carbocycles. The molecular weight excluding hydrogens is 401 g/mol. The Hall–Kier alpha value is -2.35. The summed E-state index contributed by atoms with van der Waals surface area (Å²) < 4.78 is 1.56. The van der Waals surface area contributed by atoms with Gasteiger partial charge < -0.3 is 5.32 Å². The Morgan fingerprint density at radius 2 is 1.88 bits per heavy atom. The molecule has 2 N–H and O–H groups in total. The number of carbonyl (C=O) groups is 2.